The van der Waals surface area contributed by atoms with Crippen molar-refractivity contribution >= 4 is 27.3 Å². The Hall–Kier alpha value is -2.05. The number of aryl methyl sites for hydroxylation is 1. The van der Waals surface area contributed by atoms with Crippen LogP contribution in [0.3, 0.4) is 0 Å². The summed E-state index contributed by atoms with van der Waals surface area (Å²) in [6, 6.07) is 12.9. The zero-order chi connectivity index (χ0) is 22.8. The summed E-state index contributed by atoms with van der Waals surface area (Å²) in [5, 5.41) is 0.613. The van der Waals surface area contributed by atoms with Gasteiger partial charge in [0.2, 0.25) is 0 Å². The van der Waals surface area contributed by atoms with E-state index >= 15 is 0 Å². The lowest BCUT2D eigenvalue weighted by Crippen LogP contribution is -2.46. The third-order valence-corrected chi connectivity index (χ3v) is 7.64. The molecule has 2 atom stereocenters. The fraction of sp³-hybridized carbons (Fsp3) is 0.458. The van der Waals surface area contributed by atoms with Gasteiger partial charge in [-0.25, -0.2) is 8.42 Å². The van der Waals surface area contributed by atoms with Gasteiger partial charge in [-0.3, -0.25) is 4.79 Å². The summed E-state index contributed by atoms with van der Waals surface area (Å²) in [5.41, 5.74) is 2.99. The molecule has 2 aromatic rings. The SMILES string of the molecule is Cc1ccc(C(C)C)c(OC(C)C(=O)N(Cc2ccc(Cl)cc2)C2CCS(=O)(=O)C2)c1. The number of amides is 1. The van der Waals surface area contributed by atoms with E-state index in [0.29, 0.717) is 23.7 Å². The number of hydrogen-bond acceptors (Lipinski definition) is 4. The number of nitrogens with zero attached hydrogens (tertiary/aromatic N) is 1. The van der Waals surface area contributed by atoms with Crippen LogP contribution in [0.1, 0.15) is 49.8 Å². The molecule has 1 saturated heterocycles. The van der Waals surface area contributed by atoms with E-state index < -0.39 is 15.9 Å². The minimum Gasteiger partial charge on any atom is -0.481 e. The molecule has 1 aliphatic rings. The van der Waals surface area contributed by atoms with Gasteiger partial charge >= 0.3 is 0 Å². The Morgan fingerprint density at radius 3 is 2.42 bits per heavy atom. The molecule has 1 amide bonds. The van der Waals surface area contributed by atoms with E-state index in [1.165, 1.54) is 0 Å². The summed E-state index contributed by atoms with van der Waals surface area (Å²) in [6.45, 7) is 8.20. The first-order chi connectivity index (χ1) is 14.6. The van der Waals surface area contributed by atoms with Crippen LogP contribution in [0.4, 0.5) is 0 Å². The molecular weight excluding hydrogens is 434 g/mol. The number of sulfone groups is 1. The van der Waals surface area contributed by atoms with E-state index in [1.54, 1.807) is 24.0 Å². The van der Waals surface area contributed by atoms with Crippen LogP contribution in [-0.2, 0) is 21.2 Å². The molecule has 7 heteroatoms. The summed E-state index contributed by atoms with van der Waals surface area (Å²) in [7, 11) is -3.14. The second kappa shape index (κ2) is 9.61. The van der Waals surface area contributed by atoms with Crippen molar-refractivity contribution in [3.05, 3.63) is 64.2 Å². The standard InChI is InChI=1S/C24H30ClNO4S/c1-16(2)22-10-5-17(3)13-23(22)30-18(4)24(27)26(21-11-12-31(28,29)15-21)14-19-6-8-20(25)9-7-19/h5-10,13,16,18,21H,11-12,14-15H2,1-4H3. The van der Waals surface area contributed by atoms with Crippen LogP contribution in [0.25, 0.3) is 0 Å². The first-order valence-corrected chi connectivity index (χ1v) is 12.8. The van der Waals surface area contributed by atoms with Gasteiger partial charge in [0.05, 0.1) is 11.5 Å². The van der Waals surface area contributed by atoms with Crippen molar-refractivity contribution in [1.82, 2.24) is 4.90 Å². The number of rotatable bonds is 7. The summed E-state index contributed by atoms with van der Waals surface area (Å²) in [6.07, 6.45) is -0.300. The topological polar surface area (TPSA) is 63.7 Å². The van der Waals surface area contributed by atoms with E-state index in [2.05, 4.69) is 13.8 Å². The van der Waals surface area contributed by atoms with Crippen molar-refractivity contribution < 1.29 is 17.9 Å². The van der Waals surface area contributed by atoms with Crippen LogP contribution in [0.2, 0.25) is 5.02 Å². The molecule has 168 valence electrons. The van der Waals surface area contributed by atoms with E-state index in [9.17, 15) is 13.2 Å². The third kappa shape index (κ3) is 6.01. The van der Waals surface area contributed by atoms with E-state index in [0.717, 1.165) is 16.7 Å². The summed E-state index contributed by atoms with van der Waals surface area (Å²) < 4.78 is 30.3. The molecule has 1 heterocycles. The Bertz CT molecular complexity index is 1030. The van der Waals surface area contributed by atoms with Crippen molar-refractivity contribution in [2.24, 2.45) is 0 Å². The lowest BCUT2D eigenvalue weighted by molar-refractivity contribution is -0.140. The van der Waals surface area contributed by atoms with Crippen LogP contribution < -0.4 is 4.74 Å². The molecular formula is C24H30ClNO4S. The van der Waals surface area contributed by atoms with Gasteiger partial charge in [-0.2, -0.15) is 0 Å². The lowest BCUT2D eigenvalue weighted by Gasteiger charge is -2.31. The van der Waals surface area contributed by atoms with E-state index in [1.807, 2.05) is 37.3 Å². The molecule has 0 N–H and O–H groups in total. The highest BCUT2D eigenvalue weighted by Gasteiger charge is 2.36. The highest BCUT2D eigenvalue weighted by atomic mass is 35.5. The molecule has 0 aliphatic carbocycles. The molecule has 1 fully saturated rings. The number of benzene rings is 2. The van der Waals surface area contributed by atoms with E-state index in [4.69, 9.17) is 16.3 Å². The maximum atomic E-state index is 13.5. The van der Waals surface area contributed by atoms with Crippen LogP contribution in [0, 0.1) is 6.92 Å². The van der Waals surface area contributed by atoms with Crippen LogP contribution in [0.5, 0.6) is 5.75 Å². The van der Waals surface area contributed by atoms with Crippen LogP contribution >= 0.6 is 11.6 Å². The molecule has 0 spiro atoms. The van der Waals surface area contributed by atoms with Gasteiger partial charge in [0.1, 0.15) is 5.75 Å². The molecule has 5 nitrogen and oxygen atoms in total. The molecule has 2 unspecified atom stereocenters. The fourth-order valence-electron chi connectivity index (χ4n) is 3.89. The zero-order valence-electron chi connectivity index (χ0n) is 18.5. The average Bonchev–Trinajstić information content (AvgIpc) is 3.06. The van der Waals surface area contributed by atoms with Crippen molar-refractivity contribution in [2.45, 2.75) is 58.7 Å². The zero-order valence-corrected chi connectivity index (χ0v) is 20.0. The summed E-state index contributed by atoms with van der Waals surface area (Å²) >= 11 is 5.99. The number of carbonyl (C=O) groups is 1. The second-order valence-electron chi connectivity index (χ2n) is 8.61. The maximum Gasteiger partial charge on any atom is 0.263 e. The first-order valence-electron chi connectivity index (χ1n) is 10.6. The number of hydrogen-bond donors (Lipinski definition) is 0. The predicted octanol–water partition coefficient (Wildman–Crippen LogP) is 4.76. The minimum atomic E-state index is -3.14. The molecule has 0 bridgehead atoms. The number of ether oxygens (including phenoxy) is 1. The highest BCUT2D eigenvalue weighted by Crippen LogP contribution is 2.29. The molecule has 0 saturated carbocycles. The number of halogens is 1. The van der Waals surface area contributed by atoms with Gasteiger partial charge < -0.3 is 9.64 Å². The van der Waals surface area contributed by atoms with Crippen molar-refractivity contribution in [1.29, 1.82) is 0 Å². The summed E-state index contributed by atoms with van der Waals surface area (Å²) in [4.78, 5) is 15.1. The van der Waals surface area contributed by atoms with Gasteiger partial charge in [-0.15, -0.1) is 0 Å². The molecule has 1 aliphatic heterocycles. The Kier molecular flexibility index (Phi) is 7.32. The Balaban J connectivity index is 1.85. The van der Waals surface area contributed by atoms with Crippen LogP contribution in [-0.4, -0.2) is 42.9 Å². The molecule has 0 aromatic heterocycles. The Morgan fingerprint density at radius 1 is 1.16 bits per heavy atom. The smallest absolute Gasteiger partial charge is 0.263 e. The fourth-order valence-corrected chi connectivity index (χ4v) is 5.75. The maximum absolute atomic E-state index is 13.5. The second-order valence-corrected chi connectivity index (χ2v) is 11.3. The first kappa shape index (κ1) is 23.6. The normalized spacial score (nSPS) is 18.7. The van der Waals surface area contributed by atoms with Gasteiger partial charge in [0, 0.05) is 17.6 Å². The van der Waals surface area contributed by atoms with Gasteiger partial charge in [-0.05, 0) is 61.1 Å². The monoisotopic (exact) mass is 463 g/mol. The molecule has 2 aromatic carbocycles. The predicted molar refractivity (Wildman–Crippen MR) is 124 cm³/mol. The van der Waals surface area contributed by atoms with Crippen molar-refractivity contribution in [2.75, 3.05) is 11.5 Å². The molecule has 0 radical (unpaired) electrons. The largest absolute Gasteiger partial charge is 0.481 e. The highest BCUT2D eigenvalue weighted by molar-refractivity contribution is 7.91. The molecule has 31 heavy (non-hydrogen) atoms. The Morgan fingerprint density at radius 2 is 1.84 bits per heavy atom. The quantitative estimate of drug-likeness (QED) is 0.594. The van der Waals surface area contributed by atoms with Crippen LogP contribution in [0.15, 0.2) is 42.5 Å². The lowest BCUT2D eigenvalue weighted by atomic mass is 10.0. The molecule has 3 rings (SSSR count). The van der Waals surface area contributed by atoms with Gasteiger partial charge in [-0.1, -0.05) is 49.7 Å². The minimum absolute atomic E-state index is 0.0132. The average molecular weight is 464 g/mol. The van der Waals surface area contributed by atoms with Gasteiger partial charge in [0.25, 0.3) is 5.91 Å². The van der Waals surface area contributed by atoms with Crippen molar-refractivity contribution in [3.8, 4) is 5.75 Å². The third-order valence-electron chi connectivity index (χ3n) is 5.64. The number of carbonyl (C=O) groups excluding carboxylic acids is 1. The Labute approximate surface area is 190 Å². The summed E-state index contributed by atoms with van der Waals surface area (Å²) in [5.74, 6) is 0.825. The van der Waals surface area contributed by atoms with Gasteiger partial charge in [0.15, 0.2) is 15.9 Å². The van der Waals surface area contributed by atoms with E-state index in [-0.39, 0.29) is 29.4 Å². The van der Waals surface area contributed by atoms with Crippen molar-refractivity contribution in [3.63, 3.8) is 0 Å².